The van der Waals surface area contributed by atoms with Gasteiger partial charge in [0, 0.05) is 42.5 Å². The van der Waals surface area contributed by atoms with Crippen molar-refractivity contribution >= 4 is 34.3 Å². The Morgan fingerprint density at radius 2 is 2.03 bits per heavy atom. The van der Waals surface area contributed by atoms with Gasteiger partial charge in [-0.2, -0.15) is 4.98 Å². The molecule has 0 aliphatic carbocycles. The van der Waals surface area contributed by atoms with Crippen molar-refractivity contribution < 1.29 is 9.53 Å². The second-order valence-electron chi connectivity index (χ2n) is 6.82. The van der Waals surface area contributed by atoms with E-state index in [4.69, 9.17) is 16.2 Å². The smallest absolute Gasteiger partial charge is 0.280 e. The van der Waals surface area contributed by atoms with Crippen LogP contribution in [0.4, 0.5) is 17.1 Å². The van der Waals surface area contributed by atoms with Crippen LogP contribution < -0.4 is 26.4 Å². The highest BCUT2D eigenvalue weighted by atomic mass is 32.1. The van der Waals surface area contributed by atoms with Crippen molar-refractivity contribution in [3.8, 4) is 11.1 Å². The Morgan fingerprint density at radius 3 is 2.83 bits per heavy atom. The number of nitrogen functional groups attached to an aromatic ring is 1. The molecular formula is C20H22N6O2S. The number of nitrogens with zero attached hydrogens (tertiary/aromatic N) is 3. The van der Waals surface area contributed by atoms with Crippen LogP contribution in [0.2, 0.25) is 0 Å². The second kappa shape index (κ2) is 8.46. The number of carbonyl (C=O) groups excluding carboxylic acids is 1. The van der Waals surface area contributed by atoms with Gasteiger partial charge in [0.25, 0.3) is 11.1 Å². The van der Waals surface area contributed by atoms with Crippen LogP contribution in [0.5, 0.6) is 11.1 Å². The average molecular weight is 411 g/mol. The number of hydrogen-bond donors (Lipinski definition) is 3. The van der Waals surface area contributed by atoms with Gasteiger partial charge in [-0.3, -0.25) is 4.79 Å². The molecule has 3 aromatic rings. The minimum Gasteiger partial charge on any atom is -0.412 e. The first-order valence-electron chi connectivity index (χ1n) is 9.34. The fourth-order valence-electron chi connectivity index (χ4n) is 3.16. The highest BCUT2D eigenvalue weighted by molar-refractivity contribution is 7.11. The van der Waals surface area contributed by atoms with Crippen molar-refractivity contribution in [2.75, 3.05) is 29.0 Å². The zero-order valence-electron chi connectivity index (χ0n) is 15.7. The Kier molecular flexibility index (Phi) is 5.59. The molecule has 1 amide bonds. The number of nitrogens with one attached hydrogen (secondary N) is 1. The lowest BCUT2D eigenvalue weighted by Crippen LogP contribution is -2.40. The van der Waals surface area contributed by atoms with Gasteiger partial charge in [-0.15, -0.1) is 0 Å². The van der Waals surface area contributed by atoms with E-state index >= 15 is 0 Å². The Morgan fingerprint density at radius 1 is 1.24 bits per heavy atom. The summed E-state index contributed by atoms with van der Waals surface area (Å²) in [7, 11) is 0. The van der Waals surface area contributed by atoms with Crippen LogP contribution in [0, 0.1) is 0 Å². The molecule has 9 heteroatoms. The molecule has 0 radical (unpaired) electrons. The molecule has 1 fully saturated rings. The molecule has 0 unspecified atom stereocenters. The molecule has 2 aromatic heterocycles. The molecule has 5 N–H and O–H groups in total. The predicted molar refractivity (Wildman–Crippen MR) is 115 cm³/mol. The number of thiazole rings is 1. The molecule has 1 saturated heterocycles. The number of nitrogens with two attached hydrogens (primary N) is 2. The van der Waals surface area contributed by atoms with Crippen LogP contribution in [0.15, 0.2) is 48.0 Å². The lowest BCUT2D eigenvalue weighted by molar-refractivity contribution is 0.102. The third-order valence-corrected chi connectivity index (χ3v) is 5.42. The summed E-state index contributed by atoms with van der Waals surface area (Å²) < 4.78 is 5.59. The van der Waals surface area contributed by atoms with Gasteiger partial charge in [0.1, 0.15) is 5.69 Å². The van der Waals surface area contributed by atoms with E-state index in [9.17, 15) is 4.79 Å². The van der Waals surface area contributed by atoms with E-state index in [0.29, 0.717) is 16.8 Å². The maximum atomic E-state index is 12.7. The zero-order chi connectivity index (χ0) is 20.2. The van der Waals surface area contributed by atoms with E-state index in [2.05, 4.69) is 20.2 Å². The summed E-state index contributed by atoms with van der Waals surface area (Å²) >= 11 is 1.22. The lowest BCUT2D eigenvalue weighted by Gasteiger charge is -2.33. The highest BCUT2D eigenvalue weighted by Crippen LogP contribution is 2.29. The Bertz CT molecular complexity index is 1000. The number of benzene rings is 1. The minimum atomic E-state index is -0.294. The number of piperidine rings is 1. The number of pyridine rings is 1. The van der Waals surface area contributed by atoms with Crippen LogP contribution in [0.1, 0.15) is 23.3 Å². The number of anilines is 3. The Balaban J connectivity index is 1.46. The summed E-state index contributed by atoms with van der Waals surface area (Å²) in [5.74, 6) is 0.0396. The fraction of sp³-hybridized carbons (Fsp3) is 0.250. The molecule has 3 heterocycles. The largest absolute Gasteiger partial charge is 0.412 e. The van der Waals surface area contributed by atoms with Crippen LogP contribution in [-0.4, -0.2) is 35.0 Å². The van der Waals surface area contributed by atoms with Gasteiger partial charge in [-0.25, -0.2) is 4.98 Å². The predicted octanol–water partition coefficient (Wildman–Crippen LogP) is 3.09. The molecule has 0 spiro atoms. The van der Waals surface area contributed by atoms with E-state index in [1.807, 2.05) is 24.3 Å². The first-order valence-corrected chi connectivity index (χ1v) is 10.2. The molecule has 0 saturated carbocycles. The van der Waals surface area contributed by atoms with Gasteiger partial charge >= 0.3 is 0 Å². The van der Waals surface area contributed by atoms with Crippen molar-refractivity contribution in [2.24, 2.45) is 5.73 Å². The summed E-state index contributed by atoms with van der Waals surface area (Å²) in [5.41, 5.74) is 14.3. The topological polar surface area (TPSA) is 119 Å². The molecular weight excluding hydrogens is 388 g/mol. The van der Waals surface area contributed by atoms with E-state index in [0.717, 1.165) is 37.3 Å². The third-order valence-electron chi connectivity index (χ3n) is 4.70. The first kappa shape index (κ1) is 19.2. The number of carbonyl (C=O) groups is 1. The van der Waals surface area contributed by atoms with Crippen molar-refractivity contribution in [1.82, 2.24) is 9.97 Å². The van der Waals surface area contributed by atoms with Crippen molar-refractivity contribution in [1.29, 1.82) is 0 Å². The number of rotatable bonds is 5. The minimum absolute atomic E-state index is 0.246. The van der Waals surface area contributed by atoms with Gasteiger partial charge in [0.15, 0.2) is 0 Å². The van der Waals surface area contributed by atoms with E-state index in [-0.39, 0.29) is 17.6 Å². The normalized spacial score (nSPS) is 14.6. The monoisotopic (exact) mass is 410 g/mol. The number of hydrogen-bond acceptors (Lipinski definition) is 8. The van der Waals surface area contributed by atoms with Crippen LogP contribution >= 0.6 is 11.3 Å². The lowest BCUT2D eigenvalue weighted by atomic mass is 10.0. The van der Waals surface area contributed by atoms with Crippen LogP contribution in [0.3, 0.4) is 0 Å². The fourth-order valence-corrected chi connectivity index (χ4v) is 3.82. The first-order chi connectivity index (χ1) is 14.1. The SMILES string of the molecule is Nc1ccnc(Oc2nc(C(=O)Nc3ccccc3N3CCC(N)CC3)cs2)c1. The molecule has 1 aliphatic rings. The van der Waals surface area contributed by atoms with Gasteiger partial charge in [0.05, 0.1) is 11.4 Å². The molecule has 29 heavy (non-hydrogen) atoms. The van der Waals surface area contributed by atoms with Gasteiger partial charge in [0.2, 0.25) is 5.88 Å². The summed E-state index contributed by atoms with van der Waals surface area (Å²) in [5, 5.41) is 4.94. The third kappa shape index (κ3) is 4.64. The van der Waals surface area contributed by atoms with Crippen molar-refractivity contribution in [3.63, 3.8) is 0 Å². The van der Waals surface area contributed by atoms with Crippen molar-refractivity contribution in [2.45, 2.75) is 18.9 Å². The molecule has 0 bridgehead atoms. The number of ether oxygens (including phenoxy) is 1. The number of amides is 1. The molecule has 150 valence electrons. The average Bonchev–Trinajstić information content (AvgIpc) is 3.18. The summed E-state index contributed by atoms with van der Waals surface area (Å²) in [4.78, 5) is 23.3. The second-order valence-corrected chi connectivity index (χ2v) is 7.64. The van der Waals surface area contributed by atoms with Gasteiger partial charge < -0.3 is 26.4 Å². The van der Waals surface area contributed by atoms with E-state index in [1.165, 1.54) is 11.3 Å². The van der Waals surface area contributed by atoms with Crippen molar-refractivity contribution in [3.05, 3.63) is 53.7 Å². The maximum absolute atomic E-state index is 12.7. The summed E-state index contributed by atoms with van der Waals surface area (Å²) in [6.07, 6.45) is 3.43. The molecule has 4 rings (SSSR count). The standard InChI is InChI=1S/C20H22N6O2S/c21-13-6-9-26(10-7-13)17-4-2-1-3-15(17)24-19(27)16-12-29-20(25-16)28-18-11-14(22)5-8-23-18/h1-5,8,11-13H,6-7,9-10,21H2,(H2,22,23)(H,24,27). The molecule has 1 aromatic carbocycles. The summed E-state index contributed by atoms with van der Waals surface area (Å²) in [6, 6.07) is 11.3. The van der Waals surface area contributed by atoms with E-state index in [1.54, 1.807) is 23.7 Å². The maximum Gasteiger partial charge on any atom is 0.280 e. The zero-order valence-corrected chi connectivity index (χ0v) is 16.6. The van der Waals surface area contributed by atoms with E-state index < -0.39 is 0 Å². The van der Waals surface area contributed by atoms with Gasteiger partial charge in [-0.05, 0) is 31.0 Å². The Hall–Kier alpha value is -3.17. The number of aromatic nitrogens is 2. The quantitative estimate of drug-likeness (QED) is 0.591. The van der Waals surface area contributed by atoms with Gasteiger partial charge in [-0.1, -0.05) is 23.5 Å². The highest BCUT2D eigenvalue weighted by Gasteiger charge is 2.20. The number of para-hydroxylation sites is 2. The van der Waals surface area contributed by atoms with Crippen LogP contribution in [-0.2, 0) is 0 Å². The molecule has 1 aliphatic heterocycles. The van der Waals surface area contributed by atoms with Crippen LogP contribution in [0.25, 0.3) is 0 Å². The molecule has 8 nitrogen and oxygen atoms in total. The Labute approximate surface area is 172 Å². The summed E-state index contributed by atoms with van der Waals surface area (Å²) in [6.45, 7) is 1.74. The molecule has 0 atom stereocenters.